The van der Waals surface area contributed by atoms with Gasteiger partial charge in [-0.3, -0.25) is 14.4 Å². The van der Waals surface area contributed by atoms with E-state index in [1.165, 1.54) is 23.1 Å². The van der Waals surface area contributed by atoms with Crippen LogP contribution in [0.15, 0.2) is 46.9 Å². The molecule has 0 radical (unpaired) electrons. The van der Waals surface area contributed by atoms with E-state index in [4.69, 9.17) is 0 Å². The predicted octanol–water partition coefficient (Wildman–Crippen LogP) is 2.55. The number of benzene rings is 2. The molecule has 8 heteroatoms. The number of carbonyl (C=O) groups excluding carboxylic acids is 3. The summed E-state index contributed by atoms with van der Waals surface area (Å²) in [5.74, 6) is -1.62. The minimum atomic E-state index is -0.818. The Bertz CT molecular complexity index is 965. The molecule has 4 rings (SSSR count). The van der Waals surface area contributed by atoms with E-state index in [1.54, 1.807) is 18.2 Å². The molecule has 6 nitrogen and oxygen atoms in total. The van der Waals surface area contributed by atoms with Gasteiger partial charge in [0.1, 0.15) is 11.9 Å². The highest BCUT2D eigenvalue weighted by Gasteiger charge is 2.45. The molecule has 3 amide bonds. The molecular weight excluding hydrogens is 417 g/mol. The minimum absolute atomic E-state index is 0.168. The number of hydrogen-bond acceptors (Lipinski definition) is 3. The maximum atomic E-state index is 13.4. The second-order valence-electron chi connectivity index (χ2n) is 6.50. The van der Waals surface area contributed by atoms with Gasteiger partial charge in [-0.05, 0) is 42.8 Å². The first kappa shape index (κ1) is 17.7. The molecule has 27 heavy (non-hydrogen) atoms. The lowest BCUT2D eigenvalue weighted by atomic mass is 10.1. The van der Waals surface area contributed by atoms with E-state index in [9.17, 15) is 18.8 Å². The number of fused-ring (bicyclic) bond motifs is 2. The maximum absolute atomic E-state index is 13.4. The van der Waals surface area contributed by atoms with Crippen LogP contribution in [-0.2, 0) is 4.79 Å². The number of carbonyl (C=O) groups is 3. The van der Waals surface area contributed by atoms with Gasteiger partial charge in [-0.25, -0.2) is 4.39 Å². The van der Waals surface area contributed by atoms with Crippen molar-refractivity contribution in [2.24, 2.45) is 0 Å². The number of rotatable bonds is 2. The Labute approximate surface area is 162 Å². The van der Waals surface area contributed by atoms with Crippen LogP contribution in [0, 0.1) is 5.82 Å². The Morgan fingerprint density at radius 2 is 2.04 bits per heavy atom. The summed E-state index contributed by atoms with van der Waals surface area (Å²) in [5, 5.41) is 5.54. The Kier molecular flexibility index (Phi) is 4.43. The standard InChI is InChI=1S/C19H15BrFN3O3/c20-11-4-5-14-13(9-11)19(27)24-7-6-15(16(24)18(26)22-14)23-17(25)10-2-1-3-12(21)8-10/h1-5,8-9,15-16H,6-7H2,(H,22,26)(H,23,25). The van der Waals surface area contributed by atoms with E-state index in [1.807, 2.05) is 0 Å². The summed E-state index contributed by atoms with van der Waals surface area (Å²) >= 11 is 3.34. The molecule has 0 bridgehead atoms. The summed E-state index contributed by atoms with van der Waals surface area (Å²) in [6.45, 7) is 0.344. The number of amides is 3. The number of nitrogens with zero attached hydrogens (tertiary/aromatic N) is 1. The van der Waals surface area contributed by atoms with Gasteiger partial charge < -0.3 is 15.5 Å². The molecular formula is C19H15BrFN3O3. The minimum Gasteiger partial charge on any atom is -0.347 e. The molecule has 2 unspecified atom stereocenters. The monoisotopic (exact) mass is 431 g/mol. The average Bonchev–Trinajstić information content (AvgIpc) is 3.02. The zero-order valence-electron chi connectivity index (χ0n) is 14.0. The summed E-state index contributed by atoms with van der Waals surface area (Å²) in [4.78, 5) is 39.6. The van der Waals surface area contributed by atoms with Gasteiger partial charge in [-0.1, -0.05) is 22.0 Å². The van der Waals surface area contributed by atoms with Crippen molar-refractivity contribution in [2.45, 2.75) is 18.5 Å². The van der Waals surface area contributed by atoms with Crippen LogP contribution in [0.3, 0.4) is 0 Å². The molecule has 2 atom stereocenters. The van der Waals surface area contributed by atoms with Crippen molar-refractivity contribution < 1.29 is 18.8 Å². The Morgan fingerprint density at radius 3 is 2.81 bits per heavy atom. The van der Waals surface area contributed by atoms with Crippen LogP contribution in [0.25, 0.3) is 0 Å². The molecule has 2 aliphatic heterocycles. The van der Waals surface area contributed by atoms with E-state index in [2.05, 4.69) is 26.6 Å². The molecule has 0 saturated carbocycles. The van der Waals surface area contributed by atoms with Crippen molar-refractivity contribution in [3.63, 3.8) is 0 Å². The summed E-state index contributed by atoms with van der Waals surface area (Å²) in [7, 11) is 0. The molecule has 2 heterocycles. The van der Waals surface area contributed by atoms with Gasteiger partial charge in [0.05, 0.1) is 17.3 Å². The maximum Gasteiger partial charge on any atom is 0.256 e. The highest BCUT2D eigenvalue weighted by Crippen LogP contribution is 2.31. The number of anilines is 1. The molecule has 2 aromatic carbocycles. The lowest BCUT2D eigenvalue weighted by Crippen LogP contribution is -2.51. The van der Waals surface area contributed by atoms with Crippen LogP contribution < -0.4 is 10.6 Å². The Hall–Kier alpha value is -2.74. The first-order valence-corrected chi connectivity index (χ1v) is 9.21. The fourth-order valence-corrected chi connectivity index (χ4v) is 3.90. The Balaban J connectivity index is 1.60. The first-order valence-electron chi connectivity index (χ1n) is 8.42. The van der Waals surface area contributed by atoms with Gasteiger partial charge in [-0.15, -0.1) is 0 Å². The largest absolute Gasteiger partial charge is 0.347 e. The molecule has 0 aromatic heterocycles. The molecule has 2 aliphatic rings. The molecule has 2 N–H and O–H groups in total. The summed E-state index contributed by atoms with van der Waals surface area (Å²) in [6.07, 6.45) is 0.439. The van der Waals surface area contributed by atoms with Gasteiger partial charge >= 0.3 is 0 Å². The number of halogens is 2. The van der Waals surface area contributed by atoms with Crippen molar-refractivity contribution >= 4 is 39.3 Å². The smallest absolute Gasteiger partial charge is 0.256 e. The summed E-state index contributed by atoms with van der Waals surface area (Å²) < 4.78 is 14.1. The van der Waals surface area contributed by atoms with Crippen molar-refractivity contribution in [1.29, 1.82) is 0 Å². The summed E-state index contributed by atoms with van der Waals surface area (Å²) in [6, 6.07) is 9.03. The van der Waals surface area contributed by atoms with Crippen LogP contribution in [0.5, 0.6) is 0 Å². The van der Waals surface area contributed by atoms with E-state index in [-0.39, 0.29) is 17.4 Å². The second kappa shape index (κ2) is 6.77. The third kappa shape index (κ3) is 3.21. The zero-order valence-corrected chi connectivity index (χ0v) is 15.6. The van der Waals surface area contributed by atoms with Crippen LogP contribution in [0.4, 0.5) is 10.1 Å². The van der Waals surface area contributed by atoms with Gasteiger partial charge in [-0.2, -0.15) is 0 Å². The fraction of sp³-hybridized carbons (Fsp3) is 0.211. The highest BCUT2D eigenvalue weighted by molar-refractivity contribution is 9.10. The van der Waals surface area contributed by atoms with Crippen LogP contribution >= 0.6 is 15.9 Å². The molecule has 2 aromatic rings. The van der Waals surface area contributed by atoms with Crippen molar-refractivity contribution in [3.8, 4) is 0 Å². The van der Waals surface area contributed by atoms with Crippen LogP contribution in [0.2, 0.25) is 0 Å². The molecule has 138 valence electrons. The normalized spacial score (nSPS) is 21.2. The zero-order chi connectivity index (χ0) is 19.1. The predicted molar refractivity (Wildman–Crippen MR) is 99.9 cm³/mol. The van der Waals surface area contributed by atoms with E-state index in [0.717, 1.165) is 10.5 Å². The lowest BCUT2D eigenvalue weighted by Gasteiger charge is -2.25. The van der Waals surface area contributed by atoms with Crippen molar-refractivity contribution in [3.05, 3.63) is 63.9 Å². The molecule has 0 spiro atoms. The number of hydrogen-bond donors (Lipinski definition) is 2. The fourth-order valence-electron chi connectivity index (χ4n) is 3.54. The SMILES string of the molecule is O=C(NC1CCN2C(=O)c3cc(Br)ccc3NC(=O)C12)c1cccc(F)c1. The van der Waals surface area contributed by atoms with E-state index in [0.29, 0.717) is 24.2 Å². The third-order valence-electron chi connectivity index (χ3n) is 4.80. The molecule has 1 saturated heterocycles. The van der Waals surface area contributed by atoms with Gasteiger partial charge in [0.15, 0.2) is 0 Å². The van der Waals surface area contributed by atoms with Gasteiger partial charge in [0, 0.05) is 16.6 Å². The molecule has 0 aliphatic carbocycles. The third-order valence-corrected chi connectivity index (χ3v) is 5.29. The van der Waals surface area contributed by atoms with Crippen molar-refractivity contribution in [2.75, 3.05) is 11.9 Å². The number of nitrogens with one attached hydrogen (secondary N) is 2. The van der Waals surface area contributed by atoms with Crippen LogP contribution in [0.1, 0.15) is 27.1 Å². The highest BCUT2D eigenvalue weighted by atomic mass is 79.9. The second-order valence-corrected chi connectivity index (χ2v) is 7.42. The van der Waals surface area contributed by atoms with E-state index < -0.39 is 23.8 Å². The first-order chi connectivity index (χ1) is 12.9. The van der Waals surface area contributed by atoms with Crippen LogP contribution in [-0.4, -0.2) is 41.2 Å². The lowest BCUT2D eigenvalue weighted by molar-refractivity contribution is -0.120. The molecule has 1 fully saturated rings. The summed E-state index contributed by atoms with van der Waals surface area (Å²) in [5.41, 5.74) is 1.01. The van der Waals surface area contributed by atoms with E-state index >= 15 is 0 Å². The topological polar surface area (TPSA) is 78.5 Å². The Morgan fingerprint density at radius 1 is 1.22 bits per heavy atom. The van der Waals surface area contributed by atoms with Gasteiger partial charge in [0.25, 0.3) is 11.8 Å². The quantitative estimate of drug-likeness (QED) is 0.766. The van der Waals surface area contributed by atoms with Crippen molar-refractivity contribution in [1.82, 2.24) is 10.2 Å². The average molecular weight is 432 g/mol. The van der Waals surface area contributed by atoms with Gasteiger partial charge in [0.2, 0.25) is 5.91 Å².